The Kier molecular flexibility index (Phi) is 5.07. The van der Waals surface area contributed by atoms with Crippen LogP contribution in [0.3, 0.4) is 0 Å². The summed E-state index contributed by atoms with van der Waals surface area (Å²) in [5, 5.41) is 13.3. The second-order valence-corrected chi connectivity index (χ2v) is 5.96. The van der Waals surface area contributed by atoms with Crippen LogP contribution < -0.4 is 10.9 Å². The van der Waals surface area contributed by atoms with Crippen molar-refractivity contribution in [1.82, 2.24) is 9.55 Å². The summed E-state index contributed by atoms with van der Waals surface area (Å²) in [6, 6.07) is 14.5. The Balaban J connectivity index is 1.73. The first-order valence-corrected chi connectivity index (χ1v) is 8.10. The van der Waals surface area contributed by atoms with Gasteiger partial charge < -0.3 is 5.32 Å². The van der Waals surface area contributed by atoms with Crippen LogP contribution in [-0.2, 0) is 11.3 Å². The number of hydrogen-bond acceptors (Lipinski definition) is 5. The van der Waals surface area contributed by atoms with Crippen molar-refractivity contribution in [2.24, 2.45) is 0 Å². The first kappa shape index (κ1) is 18.0. The zero-order valence-electron chi connectivity index (χ0n) is 14.5. The smallest absolute Gasteiger partial charge is 0.271 e. The summed E-state index contributed by atoms with van der Waals surface area (Å²) in [5.41, 5.74) is 2.22. The van der Waals surface area contributed by atoms with Gasteiger partial charge in [0.05, 0.1) is 16.9 Å². The van der Waals surface area contributed by atoms with E-state index in [1.54, 1.807) is 0 Å². The summed E-state index contributed by atoms with van der Waals surface area (Å²) in [4.78, 5) is 38.9. The van der Waals surface area contributed by atoms with E-state index in [1.807, 2.05) is 31.2 Å². The molecule has 0 fully saturated rings. The van der Waals surface area contributed by atoms with Gasteiger partial charge in [-0.1, -0.05) is 35.9 Å². The number of nitro groups is 1. The number of anilines is 1. The average molecular weight is 364 g/mol. The van der Waals surface area contributed by atoms with Crippen molar-refractivity contribution in [2.45, 2.75) is 13.5 Å². The van der Waals surface area contributed by atoms with Gasteiger partial charge in [0.25, 0.3) is 11.2 Å². The van der Waals surface area contributed by atoms with Crippen molar-refractivity contribution in [3.8, 4) is 11.3 Å². The monoisotopic (exact) mass is 364 g/mol. The molecule has 2 aromatic carbocycles. The van der Waals surface area contributed by atoms with Gasteiger partial charge in [0.1, 0.15) is 6.54 Å². The maximum atomic E-state index is 12.3. The topological polar surface area (TPSA) is 107 Å². The lowest BCUT2D eigenvalue weighted by atomic mass is 10.1. The van der Waals surface area contributed by atoms with Gasteiger partial charge >= 0.3 is 0 Å². The molecule has 0 aliphatic rings. The molecule has 3 aromatic rings. The van der Waals surface area contributed by atoms with Crippen molar-refractivity contribution in [3.05, 3.63) is 87.0 Å². The molecule has 0 radical (unpaired) electrons. The van der Waals surface area contributed by atoms with Gasteiger partial charge in [-0.15, -0.1) is 0 Å². The predicted molar refractivity (Wildman–Crippen MR) is 100 cm³/mol. The molecule has 0 saturated carbocycles. The van der Waals surface area contributed by atoms with E-state index in [0.717, 1.165) is 11.1 Å². The van der Waals surface area contributed by atoms with Crippen molar-refractivity contribution >= 4 is 17.3 Å². The molecule has 0 bridgehead atoms. The highest BCUT2D eigenvalue weighted by atomic mass is 16.6. The number of nitro benzene ring substituents is 1. The highest BCUT2D eigenvalue weighted by molar-refractivity contribution is 5.90. The Labute approximate surface area is 154 Å². The number of carbonyl (C=O) groups is 1. The molecule has 0 saturated heterocycles. The summed E-state index contributed by atoms with van der Waals surface area (Å²) < 4.78 is 1.17. The lowest BCUT2D eigenvalue weighted by Crippen LogP contribution is -2.27. The largest absolute Gasteiger partial charge is 0.324 e. The standard InChI is InChI=1S/C19H16N4O4/c1-13-5-7-14(8-6-13)17-10-19(25)22(12-20-17)11-18(24)21-15-3-2-4-16(9-15)23(26)27/h2-10,12H,11H2,1H3,(H,21,24). The van der Waals surface area contributed by atoms with E-state index in [9.17, 15) is 19.7 Å². The molecule has 0 atom stereocenters. The number of non-ortho nitro benzene ring substituents is 1. The maximum absolute atomic E-state index is 12.3. The molecule has 1 heterocycles. The van der Waals surface area contributed by atoms with Gasteiger partial charge in [-0.05, 0) is 13.0 Å². The third kappa shape index (κ3) is 4.43. The molecule has 0 unspecified atom stereocenters. The number of carbonyl (C=O) groups excluding carboxylic acids is 1. The van der Waals surface area contributed by atoms with Gasteiger partial charge in [0.2, 0.25) is 5.91 Å². The van der Waals surface area contributed by atoms with E-state index in [-0.39, 0.29) is 23.5 Å². The second kappa shape index (κ2) is 7.61. The minimum atomic E-state index is -0.548. The van der Waals surface area contributed by atoms with E-state index >= 15 is 0 Å². The normalized spacial score (nSPS) is 10.4. The minimum Gasteiger partial charge on any atom is -0.324 e. The minimum absolute atomic E-state index is 0.130. The number of benzene rings is 2. The zero-order chi connectivity index (χ0) is 19.4. The fourth-order valence-electron chi connectivity index (χ4n) is 2.48. The molecular weight excluding hydrogens is 348 g/mol. The molecular formula is C19H16N4O4. The van der Waals surface area contributed by atoms with Crippen LogP contribution in [0.25, 0.3) is 11.3 Å². The molecule has 0 spiro atoms. The van der Waals surface area contributed by atoms with E-state index in [2.05, 4.69) is 10.3 Å². The molecule has 1 N–H and O–H groups in total. The van der Waals surface area contributed by atoms with E-state index in [1.165, 1.54) is 41.2 Å². The molecule has 8 heteroatoms. The van der Waals surface area contributed by atoms with Crippen LogP contribution in [0.4, 0.5) is 11.4 Å². The Morgan fingerprint density at radius 3 is 2.59 bits per heavy atom. The summed E-state index contributed by atoms with van der Waals surface area (Å²) in [6.45, 7) is 1.72. The van der Waals surface area contributed by atoms with Gasteiger partial charge in [0.15, 0.2) is 0 Å². The van der Waals surface area contributed by atoms with Gasteiger partial charge in [-0.3, -0.25) is 24.3 Å². The van der Waals surface area contributed by atoms with Gasteiger partial charge in [0, 0.05) is 29.4 Å². The van der Waals surface area contributed by atoms with Gasteiger partial charge in [-0.2, -0.15) is 0 Å². The lowest BCUT2D eigenvalue weighted by molar-refractivity contribution is -0.384. The summed E-state index contributed by atoms with van der Waals surface area (Å²) in [7, 11) is 0. The molecule has 3 rings (SSSR count). The maximum Gasteiger partial charge on any atom is 0.271 e. The van der Waals surface area contributed by atoms with Crippen LogP contribution in [0.1, 0.15) is 5.56 Å². The van der Waals surface area contributed by atoms with Gasteiger partial charge in [-0.25, -0.2) is 4.98 Å². The first-order valence-electron chi connectivity index (χ1n) is 8.10. The second-order valence-electron chi connectivity index (χ2n) is 5.96. The highest BCUT2D eigenvalue weighted by Gasteiger charge is 2.10. The van der Waals surface area contributed by atoms with E-state index in [0.29, 0.717) is 5.69 Å². The van der Waals surface area contributed by atoms with Crippen LogP contribution in [-0.4, -0.2) is 20.4 Å². The molecule has 136 valence electrons. The number of hydrogen-bond donors (Lipinski definition) is 1. The van der Waals surface area contributed by atoms with E-state index < -0.39 is 10.8 Å². The predicted octanol–water partition coefficient (Wildman–Crippen LogP) is 2.77. The molecule has 1 amide bonds. The Morgan fingerprint density at radius 1 is 1.19 bits per heavy atom. The lowest BCUT2D eigenvalue weighted by Gasteiger charge is -2.08. The van der Waals surface area contributed by atoms with Crippen molar-refractivity contribution < 1.29 is 9.72 Å². The summed E-state index contributed by atoms with van der Waals surface area (Å²) in [5.74, 6) is -0.484. The molecule has 0 aliphatic carbocycles. The SMILES string of the molecule is Cc1ccc(-c2cc(=O)n(CC(=O)Nc3cccc([N+](=O)[O-])c3)cn2)cc1. The van der Waals surface area contributed by atoms with Crippen molar-refractivity contribution in [1.29, 1.82) is 0 Å². The van der Waals surface area contributed by atoms with Crippen LogP contribution in [0.5, 0.6) is 0 Å². The van der Waals surface area contributed by atoms with Crippen molar-refractivity contribution in [3.63, 3.8) is 0 Å². The average Bonchev–Trinajstić information content (AvgIpc) is 2.64. The Bertz CT molecular complexity index is 1060. The van der Waals surface area contributed by atoms with Crippen LogP contribution in [0.2, 0.25) is 0 Å². The van der Waals surface area contributed by atoms with Crippen LogP contribution in [0.15, 0.2) is 65.7 Å². The number of nitrogens with one attached hydrogen (secondary N) is 1. The fraction of sp³-hybridized carbons (Fsp3) is 0.105. The van der Waals surface area contributed by atoms with E-state index in [4.69, 9.17) is 0 Å². The fourth-order valence-corrected chi connectivity index (χ4v) is 2.48. The molecule has 0 aliphatic heterocycles. The Morgan fingerprint density at radius 2 is 1.93 bits per heavy atom. The van der Waals surface area contributed by atoms with Crippen LogP contribution >= 0.6 is 0 Å². The zero-order valence-corrected chi connectivity index (χ0v) is 14.5. The first-order chi connectivity index (χ1) is 12.9. The third-order valence-electron chi connectivity index (χ3n) is 3.88. The summed E-state index contributed by atoms with van der Waals surface area (Å²) in [6.07, 6.45) is 1.31. The number of nitrogens with zero attached hydrogens (tertiary/aromatic N) is 3. The number of rotatable bonds is 5. The quantitative estimate of drug-likeness (QED) is 0.553. The number of aryl methyl sites for hydroxylation is 1. The Hall–Kier alpha value is -3.81. The highest BCUT2D eigenvalue weighted by Crippen LogP contribution is 2.17. The summed E-state index contributed by atoms with van der Waals surface area (Å²) >= 11 is 0. The molecule has 8 nitrogen and oxygen atoms in total. The number of amides is 1. The third-order valence-corrected chi connectivity index (χ3v) is 3.88. The van der Waals surface area contributed by atoms with Crippen LogP contribution in [0, 0.1) is 17.0 Å². The molecule has 27 heavy (non-hydrogen) atoms. The van der Waals surface area contributed by atoms with Crippen molar-refractivity contribution in [2.75, 3.05) is 5.32 Å². The molecule has 1 aromatic heterocycles. The number of aromatic nitrogens is 2.